The smallest absolute Gasteiger partial charge is 0.342 e. The van der Waals surface area contributed by atoms with E-state index in [9.17, 15) is 9.18 Å². The lowest BCUT2D eigenvalue weighted by atomic mass is 10.1. The van der Waals surface area contributed by atoms with Crippen molar-refractivity contribution >= 4 is 11.7 Å². The third-order valence-electron chi connectivity index (χ3n) is 3.56. The summed E-state index contributed by atoms with van der Waals surface area (Å²) in [5, 5.41) is 0. The fourth-order valence-electron chi connectivity index (χ4n) is 2.10. The summed E-state index contributed by atoms with van der Waals surface area (Å²) in [4.78, 5) is 13.4. The summed E-state index contributed by atoms with van der Waals surface area (Å²) in [6.45, 7) is 8.85. The number of nitrogens with zero attached hydrogens (tertiary/aromatic N) is 1. The average Bonchev–Trinajstić information content (AvgIpc) is 2.46. The van der Waals surface area contributed by atoms with Crippen LogP contribution in [-0.2, 0) is 9.53 Å². The van der Waals surface area contributed by atoms with Gasteiger partial charge in [0.05, 0.1) is 13.2 Å². The first-order chi connectivity index (χ1) is 9.99. The van der Waals surface area contributed by atoms with E-state index >= 15 is 0 Å². The monoisotopic (exact) mass is 295 g/mol. The Kier molecular flexibility index (Phi) is 7.20. The number of esters is 1. The second kappa shape index (κ2) is 8.65. The minimum Gasteiger partial charge on any atom is -0.464 e. The molecule has 1 unspecified atom stereocenters. The Hall–Kier alpha value is -1.58. The van der Waals surface area contributed by atoms with E-state index in [1.165, 1.54) is 11.1 Å². The molecule has 4 heteroatoms. The van der Waals surface area contributed by atoms with Crippen molar-refractivity contribution in [1.82, 2.24) is 0 Å². The van der Waals surface area contributed by atoms with Crippen molar-refractivity contribution in [3.63, 3.8) is 0 Å². The summed E-state index contributed by atoms with van der Waals surface area (Å²) >= 11 is 0. The maximum absolute atomic E-state index is 14.0. The molecule has 0 N–H and O–H groups in total. The molecule has 0 aliphatic rings. The summed E-state index contributed by atoms with van der Waals surface area (Å²) in [6, 6.07) is 6.06. The predicted octanol–water partition coefficient (Wildman–Crippen LogP) is 3.81. The Morgan fingerprint density at radius 3 is 2.57 bits per heavy atom. The van der Waals surface area contributed by atoms with Crippen molar-refractivity contribution in [2.45, 2.75) is 46.7 Å². The number of benzene rings is 1. The Labute approximate surface area is 127 Å². The van der Waals surface area contributed by atoms with Crippen LogP contribution >= 0.6 is 0 Å². The molecule has 0 aromatic heterocycles. The summed E-state index contributed by atoms with van der Waals surface area (Å²) < 4.78 is 18.8. The number of unbranched alkanes of at least 4 members (excludes halogenated alkanes) is 1. The maximum atomic E-state index is 14.0. The van der Waals surface area contributed by atoms with Gasteiger partial charge < -0.3 is 9.64 Å². The van der Waals surface area contributed by atoms with Crippen LogP contribution in [0.5, 0.6) is 0 Å². The van der Waals surface area contributed by atoms with Crippen molar-refractivity contribution in [3.8, 4) is 0 Å². The number of rotatable bonds is 8. The summed E-state index contributed by atoms with van der Waals surface area (Å²) in [6.07, 6.45) is 0.378. The third kappa shape index (κ3) is 5.37. The SMILES string of the molecule is CCCCN(CC(F)C(=O)OCC)c1ccc(C)c(C)c1. The fourth-order valence-corrected chi connectivity index (χ4v) is 2.10. The molecular formula is C17H26FNO2. The van der Waals surface area contributed by atoms with Gasteiger partial charge in [0.1, 0.15) is 0 Å². The molecule has 0 fully saturated rings. The van der Waals surface area contributed by atoms with Crippen molar-refractivity contribution in [2.75, 3.05) is 24.6 Å². The highest BCUT2D eigenvalue weighted by Crippen LogP contribution is 2.20. The zero-order valence-corrected chi connectivity index (χ0v) is 13.5. The van der Waals surface area contributed by atoms with Gasteiger partial charge in [0.15, 0.2) is 0 Å². The van der Waals surface area contributed by atoms with Crippen molar-refractivity contribution in [3.05, 3.63) is 29.3 Å². The number of anilines is 1. The number of halogens is 1. The Morgan fingerprint density at radius 2 is 2.00 bits per heavy atom. The van der Waals surface area contributed by atoms with Gasteiger partial charge in [0.2, 0.25) is 6.17 Å². The zero-order chi connectivity index (χ0) is 15.8. The van der Waals surface area contributed by atoms with Crippen LogP contribution in [0, 0.1) is 13.8 Å². The molecule has 1 aromatic carbocycles. The zero-order valence-electron chi connectivity index (χ0n) is 13.5. The van der Waals surface area contributed by atoms with Crippen LogP contribution in [0.4, 0.5) is 10.1 Å². The lowest BCUT2D eigenvalue weighted by Crippen LogP contribution is -2.36. The normalized spacial score (nSPS) is 12.0. The van der Waals surface area contributed by atoms with Gasteiger partial charge in [-0.15, -0.1) is 0 Å². The fraction of sp³-hybridized carbons (Fsp3) is 0.588. The summed E-state index contributed by atoms with van der Waals surface area (Å²) in [7, 11) is 0. The lowest BCUT2D eigenvalue weighted by Gasteiger charge is -2.26. The van der Waals surface area contributed by atoms with Gasteiger partial charge in [0, 0.05) is 12.2 Å². The minimum atomic E-state index is -1.61. The molecule has 0 spiro atoms. The number of aryl methyl sites for hydroxylation is 2. The highest BCUT2D eigenvalue weighted by atomic mass is 19.1. The van der Waals surface area contributed by atoms with Gasteiger partial charge in [0.25, 0.3) is 0 Å². The van der Waals surface area contributed by atoms with Gasteiger partial charge >= 0.3 is 5.97 Å². The van der Waals surface area contributed by atoms with Crippen molar-refractivity contribution < 1.29 is 13.9 Å². The number of ether oxygens (including phenoxy) is 1. The molecule has 0 bridgehead atoms. The summed E-state index contributed by atoms with van der Waals surface area (Å²) in [5.74, 6) is -0.775. The van der Waals surface area contributed by atoms with Crippen LogP contribution in [0.2, 0.25) is 0 Å². The van der Waals surface area contributed by atoms with E-state index in [-0.39, 0.29) is 13.2 Å². The van der Waals surface area contributed by atoms with Gasteiger partial charge in [-0.3, -0.25) is 0 Å². The molecule has 0 aliphatic heterocycles. The van der Waals surface area contributed by atoms with E-state index in [2.05, 4.69) is 6.92 Å². The number of hydrogen-bond donors (Lipinski definition) is 0. The number of carbonyl (C=O) groups is 1. The number of carbonyl (C=O) groups excluding carboxylic acids is 1. The van der Waals surface area contributed by atoms with E-state index in [0.717, 1.165) is 25.1 Å². The van der Waals surface area contributed by atoms with Crippen LogP contribution in [0.15, 0.2) is 18.2 Å². The summed E-state index contributed by atoms with van der Waals surface area (Å²) in [5.41, 5.74) is 3.33. The van der Waals surface area contributed by atoms with Crippen LogP contribution in [0.3, 0.4) is 0 Å². The van der Waals surface area contributed by atoms with Crippen LogP contribution in [0.25, 0.3) is 0 Å². The molecule has 21 heavy (non-hydrogen) atoms. The first-order valence-electron chi connectivity index (χ1n) is 7.62. The molecule has 118 valence electrons. The molecule has 0 amide bonds. The molecule has 3 nitrogen and oxygen atoms in total. The topological polar surface area (TPSA) is 29.5 Å². The van der Waals surface area contributed by atoms with Crippen LogP contribution < -0.4 is 4.90 Å². The average molecular weight is 295 g/mol. The first kappa shape index (κ1) is 17.5. The third-order valence-corrected chi connectivity index (χ3v) is 3.56. The Bertz CT molecular complexity index is 462. The van der Waals surface area contributed by atoms with Gasteiger partial charge in [-0.1, -0.05) is 19.4 Å². The van der Waals surface area contributed by atoms with Crippen molar-refractivity contribution in [1.29, 1.82) is 0 Å². The van der Waals surface area contributed by atoms with Gasteiger partial charge in [-0.25, -0.2) is 9.18 Å². The molecule has 0 heterocycles. The number of alkyl halides is 1. The second-order valence-electron chi connectivity index (χ2n) is 5.29. The molecule has 1 rings (SSSR count). The largest absolute Gasteiger partial charge is 0.464 e. The predicted molar refractivity (Wildman–Crippen MR) is 84.6 cm³/mol. The lowest BCUT2D eigenvalue weighted by molar-refractivity contribution is -0.148. The van der Waals surface area contributed by atoms with E-state index in [1.807, 2.05) is 36.9 Å². The molecule has 1 atom stereocenters. The van der Waals surface area contributed by atoms with E-state index < -0.39 is 12.1 Å². The molecule has 1 aromatic rings. The van der Waals surface area contributed by atoms with E-state index in [1.54, 1.807) is 6.92 Å². The van der Waals surface area contributed by atoms with Crippen molar-refractivity contribution in [2.24, 2.45) is 0 Å². The first-order valence-corrected chi connectivity index (χ1v) is 7.62. The number of hydrogen-bond acceptors (Lipinski definition) is 3. The molecule has 0 saturated heterocycles. The molecule has 0 radical (unpaired) electrons. The standard InChI is InChI=1S/C17H26FNO2/c1-5-7-10-19(12-16(18)17(20)21-6-2)15-9-8-13(3)14(4)11-15/h8-9,11,16H,5-7,10,12H2,1-4H3. The van der Waals surface area contributed by atoms with Gasteiger partial charge in [-0.2, -0.15) is 0 Å². The molecule has 0 saturated carbocycles. The highest BCUT2D eigenvalue weighted by Gasteiger charge is 2.22. The molecular weight excluding hydrogens is 269 g/mol. The molecule has 0 aliphatic carbocycles. The van der Waals surface area contributed by atoms with E-state index in [0.29, 0.717) is 0 Å². The quantitative estimate of drug-likeness (QED) is 0.683. The maximum Gasteiger partial charge on any atom is 0.342 e. The minimum absolute atomic E-state index is 0.0430. The second-order valence-corrected chi connectivity index (χ2v) is 5.29. The highest BCUT2D eigenvalue weighted by molar-refractivity contribution is 5.75. The van der Waals surface area contributed by atoms with Gasteiger partial charge in [-0.05, 0) is 50.5 Å². The Morgan fingerprint density at radius 1 is 1.29 bits per heavy atom. The van der Waals surface area contributed by atoms with Crippen LogP contribution in [0.1, 0.15) is 37.8 Å². The Balaban J connectivity index is 2.84. The van der Waals surface area contributed by atoms with E-state index in [4.69, 9.17) is 4.74 Å². The van der Waals surface area contributed by atoms with Crippen LogP contribution in [-0.4, -0.2) is 31.8 Å².